The first kappa shape index (κ1) is 8.56. The van der Waals surface area contributed by atoms with Gasteiger partial charge in [-0.15, -0.1) is 0 Å². The van der Waals surface area contributed by atoms with Gasteiger partial charge in [-0.2, -0.15) is 0 Å². The van der Waals surface area contributed by atoms with Crippen molar-refractivity contribution < 1.29 is 4.42 Å². The van der Waals surface area contributed by atoms with Gasteiger partial charge in [0.25, 0.3) is 0 Å². The molecule has 0 aliphatic carbocycles. The molecule has 1 N–H and O–H groups in total. The summed E-state index contributed by atoms with van der Waals surface area (Å²) in [6.45, 7) is 0. The van der Waals surface area contributed by atoms with Crippen LogP contribution in [0.4, 0.5) is 0 Å². The summed E-state index contributed by atoms with van der Waals surface area (Å²) < 4.78 is 5.20. The lowest BCUT2D eigenvalue weighted by atomic mass is 10.2. The van der Waals surface area contributed by atoms with Crippen molar-refractivity contribution in [1.29, 1.82) is 0 Å². The predicted octanol–water partition coefficient (Wildman–Crippen LogP) is 3.48. The number of fused-ring (bicyclic) bond motifs is 1. The van der Waals surface area contributed by atoms with Crippen LogP contribution in [0.25, 0.3) is 22.4 Å². The third kappa shape index (κ3) is 1.24. The number of H-pyrrole nitrogens is 1. The van der Waals surface area contributed by atoms with E-state index in [0.717, 1.165) is 16.6 Å². The minimum absolute atomic E-state index is 0.649. The van der Waals surface area contributed by atoms with E-state index in [-0.39, 0.29) is 0 Å². The molecule has 0 bridgehead atoms. The van der Waals surface area contributed by atoms with Gasteiger partial charge in [-0.05, 0) is 6.07 Å². The molecule has 0 atom stereocenters. The molecule has 0 aliphatic rings. The van der Waals surface area contributed by atoms with Crippen LogP contribution in [0.5, 0.6) is 0 Å². The predicted molar refractivity (Wildman–Crippen MR) is 58.8 cm³/mol. The summed E-state index contributed by atoms with van der Waals surface area (Å²) in [4.78, 5) is 7.07. The van der Waals surface area contributed by atoms with E-state index in [0.29, 0.717) is 10.8 Å². The van der Waals surface area contributed by atoms with Crippen LogP contribution in [0.15, 0.2) is 41.3 Å². The van der Waals surface area contributed by atoms with E-state index in [1.807, 2.05) is 24.3 Å². The van der Waals surface area contributed by atoms with Gasteiger partial charge in [0.05, 0.1) is 11.2 Å². The summed E-state index contributed by atoms with van der Waals surface area (Å²) in [6, 6.07) is 7.85. The molecule has 0 fully saturated rings. The highest BCUT2D eigenvalue weighted by Crippen LogP contribution is 2.33. The van der Waals surface area contributed by atoms with Crippen molar-refractivity contribution >= 4 is 22.5 Å². The zero-order valence-electron chi connectivity index (χ0n) is 7.70. The van der Waals surface area contributed by atoms with Crippen LogP contribution in [0.3, 0.4) is 0 Å². The molecular weight excluding hydrogens is 212 g/mol. The van der Waals surface area contributed by atoms with Crippen LogP contribution >= 0.6 is 11.6 Å². The average Bonchev–Trinajstić information content (AvgIpc) is 2.87. The molecule has 0 radical (unpaired) electrons. The fourth-order valence-corrected chi connectivity index (χ4v) is 1.92. The Morgan fingerprint density at radius 3 is 2.87 bits per heavy atom. The molecular formula is C11H7ClN2O. The SMILES string of the molecule is Clc1c(-c2cnco2)[nH]c2ccccc12. The van der Waals surface area contributed by atoms with Crippen LogP contribution in [-0.4, -0.2) is 9.97 Å². The fraction of sp³-hybridized carbons (Fsp3) is 0. The highest BCUT2D eigenvalue weighted by Gasteiger charge is 2.12. The van der Waals surface area contributed by atoms with Gasteiger partial charge in [0.1, 0.15) is 5.69 Å². The first-order valence-corrected chi connectivity index (χ1v) is 4.89. The number of nitrogens with zero attached hydrogens (tertiary/aromatic N) is 1. The van der Waals surface area contributed by atoms with Gasteiger partial charge in [-0.3, -0.25) is 0 Å². The molecule has 15 heavy (non-hydrogen) atoms. The van der Waals surface area contributed by atoms with Gasteiger partial charge in [-0.1, -0.05) is 29.8 Å². The third-order valence-corrected chi connectivity index (χ3v) is 2.71. The summed E-state index contributed by atoms with van der Waals surface area (Å²) in [7, 11) is 0. The Morgan fingerprint density at radius 1 is 1.27 bits per heavy atom. The van der Waals surface area contributed by atoms with E-state index in [4.69, 9.17) is 16.0 Å². The number of halogens is 1. The molecule has 0 aliphatic heterocycles. The second kappa shape index (κ2) is 3.14. The van der Waals surface area contributed by atoms with Gasteiger partial charge >= 0.3 is 0 Å². The highest BCUT2D eigenvalue weighted by molar-refractivity contribution is 6.38. The van der Waals surface area contributed by atoms with E-state index >= 15 is 0 Å². The average molecular weight is 219 g/mol. The smallest absolute Gasteiger partial charge is 0.181 e. The van der Waals surface area contributed by atoms with Crippen LogP contribution in [0, 0.1) is 0 Å². The summed E-state index contributed by atoms with van der Waals surface area (Å²) in [5.74, 6) is 0.649. The van der Waals surface area contributed by atoms with Crippen molar-refractivity contribution in [2.45, 2.75) is 0 Å². The Bertz CT molecular complexity index is 598. The molecule has 3 rings (SSSR count). The topological polar surface area (TPSA) is 41.8 Å². The van der Waals surface area contributed by atoms with E-state index in [9.17, 15) is 0 Å². The number of rotatable bonds is 1. The number of aromatic nitrogens is 2. The molecule has 0 saturated heterocycles. The number of aromatic amines is 1. The Kier molecular flexibility index (Phi) is 1.79. The van der Waals surface area contributed by atoms with Crippen molar-refractivity contribution in [3.8, 4) is 11.5 Å². The normalized spacial score (nSPS) is 11.0. The molecule has 3 aromatic rings. The lowest BCUT2D eigenvalue weighted by molar-refractivity contribution is 0.570. The standard InChI is InChI=1S/C11H7ClN2O/c12-10-7-3-1-2-4-8(7)14-11(10)9-5-13-6-15-9/h1-6,14H. The Morgan fingerprint density at radius 2 is 2.13 bits per heavy atom. The Hall–Kier alpha value is -1.74. The molecule has 2 aromatic heterocycles. The van der Waals surface area contributed by atoms with Crippen molar-refractivity contribution in [1.82, 2.24) is 9.97 Å². The third-order valence-electron chi connectivity index (χ3n) is 2.32. The van der Waals surface area contributed by atoms with Crippen LogP contribution in [-0.2, 0) is 0 Å². The lowest BCUT2D eigenvalue weighted by Crippen LogP contribution is -1.72. The first-order valence-electron chi connectivity index (χ1n) is 4.51. The molecule has 3 nitrogen and oxygen atoms in total. The number of hydrogen-bond donors (Lipinski definition) is 1. The summed E-state index contributed by atoms with van der Waals surface area (Å²) in [5.41, 5.74) is 1.77. The number of benzene rings is 1. The first-order chi connectivity index (χ1) is 7.36. The zero-order chi connectivity index (χ0) is 10.3. The number of oxazole rings is 1. The maximum atomic E-state index is 6.23. The van der Waals surface area contributed by atoms with E-state index < -0.39 is 0 Å². The minimum Gasteiger partial charge on any atom is -0.442 e. The summed E-state index contributed by atoms with van der Waals surface area (Å²) in [6.07, 6.45) is 3.02. The van der Waals surface area contributed by atoms with Crippen molar-refractivity contribution in [2.75, 3.05) is 0 Å². The van der Waals surface area contributed by atoms with Gasteiger partial charge in [-0.25, -0.2) is 4.98 Å². The molecule has 0 amide bonds. The Labute approximate surface area is 90.7 Å². The van der Waals surface area contributed by atoms with Gasteiger partial charge < -0.3 is 9.40 Å². The van der Waals surface area contributed by atoms with Crippen molar-refractivity contribution in [3.63, 3.8) is 0 Å². The second-order valence-electron chi connectivity index (χ2n) is 3.23. The lowest BCUT2D eigenvalue weighted by Gasteiger charge is -1.90. The van der Waals surface area contributed by atoms with Gasteiger partial charge in [0.2, 0.25) is 0 Å². The molecule has 0 spiro atoms. The number of hydrogen-bond acceptors (Lipinski definition) is 2. The number of nitrogens with one attached hydrogen (secondary N) is 1. The van der Waals surface area contributed by atoms with Crippen LogP contribution in [0.2, 0.25) is 5.02 Å². The van der Waals surface area contributed by atoms with E-state index in [1.165, 1.54) is 6.39 Å². The quantitative estimate of drug-likeness (QED) is 0.680. The largest absolute Gasteiger partial charge is 0.442 e. The molecule has 4 heteroatoms. The maximum Gasteiger partial charge on any atom is 0.181 e. The molecule has 2 heterocycles. The summed E-state index contributed by atoms with van der Waals surface area (Å²) in [5, 5.41) is 1.66. The molecule has 1 aromatic carbocycles. The van der Waals surface area contributed by atoms with Gasteiger partial charge in [0.15, 0.2) is 12.2 Å². The second-order valence-corrected chi connectivity index (χ2v) is 3.60. The molecule has 74 valence electrons. The van der Waals surface area contributed by atoms with Crippen LogP contribution in [0.1, 0.15) is 0 Å². The minimum atomic E-state index is 0.649. The number of para-hydroxylation sites is 1. The van der Waals surface area contributed by atoms with Gasteiger partial charge in [0, 0.05) is 10.9 Å². The van der Waals surface area contributed by atoms with E-state index in [1.54, 1.807) is 6.20 Å². The Balaban J connectivity index is 2.33. The zero-order valence-corrected chi connectivity index (χ0v) is 8.45. The van der Waals surface area contributed by atoms with Crippen molar-refractivity contribution in [3.05, 3.63) is 41.9 Å². The van der Waals surface area contributed by atoms with Crippen LogP contribution < -0.4 is 0 Å². The fourth-order valence-electron chi connectivity index (χ4n) is 1.62. The molecule has 0 unspecified atom stereocenters. The van der Waals surface area contributed by atoms with Crippen molar-refractivity contribution in [2.24, 2.45) is 0 Å². The monoisotopic (exact) mass is 218 g/mol. The van der Waals surface area contributed by atoms with E-state index in [2.05, 4.69) is 9.97 Å². The highest BCUT2D eigenvalue weighted by atomic mass is 35.5. The maximum absolute atomic E-state index is 6.23. The molecule has 0 saturated carbocycles. The summed E-state index contributed by atoms with van der Waals surface area (Å²) >= 11 is 6.23.